The van der Waals surface area contributed by atoms with Crippen LogP contribution in [-0.2, 0) is 6.54 Å². The molecule has 3 heteroatoms. The molecule has 0 radical (unpaired) electrons. The van der Waals surface area contributed by atoms with Crippen LogP contribution in [0.15, 0.2) is 30.3 Å². The van der Waals surface area contributed by atoms with E-state index in [2.05, 4.69) is 54.4 Å². The van der Waals surface area contributed by atoms with E-state index in [1.54, 1.807) is 0 Å². The third kappa shape index (κ3) is 3.18. The molecule has 0 atom stereocenters. The Morgan fingerprint density at radius 2 is 2.05 bits per heavy atom. The summed E-state index contributed by atoms with van der Waals surface area (Å²) in [5.74, 6) is 1.81. The Bertz CT molecular complexity index is 617. The minimum Gasteiger partial charge on any atom is -0.353 e. The SMILES string of the molecule is CNCc1cc(N(CC(C)C)C2CC2)nc2ccccc12. The fraction of sp³-hybridized carbons (Fsp3) is 0.500. The molecule has 1 aromatic carbocycles. The van der Waals surface area contributed by atoms with E-state index in [9.17, 15) is 0 Å². The van der Waals surface area contributed by atoms with E-state index >= 15 is 0 Å². The van der Waals surface area contributed by atoms with Gasteiger partial charge in [0.15, 0.2) is 0 Å². The molecule has 1 saturated carbocycles. The first-order valence-corrected chi connectivity index (χ1v) is 7.99. The van der Waals surface area contributed by atoms with E-state index in [1.807, 2.05) is 7.05 Å². The molecule has 21 heavy (non-hydrogen) atoms. The molecule has 1 N–H and O–H groups in total. The summed E-state index contributed by atoms with van der Waals surface area (Å²) in [6.07, 6.45) is 2.62. The summed E-state index contributed by atoms with van der Waals surface area (Å²) < 4.78 is 0. The van der Waals surface area contributed by atoms with Crippen LogP contribution in [0.4, 0.5) is 5.82 Å². The van der Waals surface area contributed by atoms with E-state index in [1.165, 1.54) is 23.8 Å². The molecule has 0 bridgehead atoms. The van der Waals surface area contributed by atoms with Crippen molar-refractivity contribution in [2.75, 3.05) is 18.5 Å². The van der Waals surface area contributed by atoms with Crippen LogP contribution in [0.25, 0.3) is 10.9 Å². The van der Waals surface area contributed by atoms with Gasteiger partial charge in [-0.15, -0.1) is 0 Å². The van der Waals surface area contributed by atoms with Crippen LogP contribution >= 0.6 is 0 Å². The summed E-state index contributed by atoms with van der Waals surface area (Å²) >= 11 is 0. The first kappa shape index (κ1) is 14.3. The minimum absolute atomic E-state index is 0.659. The number of nitrogens with zero attached hydrogens (tertiary/aromatic N) is 2. The highest BCUT2D eigenvalue weighted by Gasteiger charge is 2.30. The van der Waals surface area contributed by atoms with E-state index < -0.39 is 0 Å². The minimum atomic E-state index is 0.659. The van der Waals surface area contributed by atoms with E-state index in [0.29, 0.717) is 12.0 Å². The van der Waals surface area contributed by atoms with Gasteiger partial charge >= 0.3 is 0 Å². The smallest absolute Gasteiger partial charge is 0.129 e. The number of para-hydroxylation sites is 1. The second kappa shape index (κ2) is 6.02. The zero-order chi connectivity index (χ0) is 14.8. The van der Waals surface area contributed by atoms with Gasteiger partial charge in [-0.05, 0) is 43.5 Å². The lowest BCUT2D eigenvalue weighted by Crippen LogP contribution is -2.30. The molecule has 0 saturated heterocycles. The van der Waals surface area contributed by atoms with Gasteiger partial charge in [0.1, 0.15) is 5.82 Å². The number of rotatable bonds is 6. The molecule has 2 aromatic rings. The van der Waals surface area contributed by atoms with E-state index in [-0.39, 0.29) is 0 Å². The van der Waals surface area contributed by atoms with Crippen molar-refractivity contribution in [3.8, 4) is 0 Å². The maximum atomic E-state index is 4.93. The van der Waals surface area contributed by atoms with Gasteiger partial charge in [0.2, 0.25) is 0 Å². The molecule has 0 amide bonds. The highest BCUT2D eigenvalue weighted by atomic mass is 15.2. The van der Waals surface area contributed by atoms with Crippen molar-refractivity contribution in [2.45, 2.75) is 39.3 Å². The van der Waals surface area contributed by atoms with Crippen molar-refractivity contribution in [2.24, 2.45) is 5.92 Å². The number of hydrogen-bond acceptors (Lipinski definition) is 3. The molecule has 0 aliphatic heterocycles. The second-order valence-corrected chi connectivity index (χ2v) is 6.46. The lowest BCUT2D eigenvalue weighted by atomic mass is 10.1. The van der Waals surface area contributed by atoms with Gasteiger partial charge in [0.05, 0.1) is 5.52 Å². The molecule has 0 unspecified atom stereocenters. The Balaban J connectivity index is 2.04. The molecule has 3 nitrogen and oxygen atoms in total. The molecule has 0 spiro atoms. The topological polar surface area (TPSA) is 28.2 Å². The van der Waals surface area contributed by atoms with Crippen LogP contribution in [0.2, 0.25) is 0 Å². The average Bonchev–Trinajstić information content (AvgIpc) is 3.29. The van der Waals surface area contributed by atoms with Gasteiger partial charge < -0.3 is 10.2 Å². The van der Waals surface area contributed by atoms with Crippen molar-refractivity contribution in [3.63, 3.8) is 0 Å². The van der Waals surface area contributed by atoms with Gasteiger partial charge in [0, 0.05) is 24.5 Å². The molecule has 1 aliphatic rings. The molecule has 1 heterocycles. The summed E-state index contributed by atoms with van der Waals surface area (Å²) in [6, 6.07) is 11.4. The zero-order valence-corrected chi connectivity index (χ0v) is 13.3. The van der Waals surface area contributed by atoms with Crippen LogP contribution < -0.4 is 10.2 Å². The van der Waals surface area contributed by atoms with Crippen LogP contribution in [0.1, 0.15) is 32.3 Å². The summed E-state index contributed by atoms with van der Waals surface area (Å²) in [4.78, 5) is 7.44. The van der Waals surface area contributed by atoms with Crippen molar-refractivity contribution in [1.82, 2.24) is 10.3 Å². The standard InChI is InChI=1S/C18H25N3/c1-13(2)12-21(15-8-9-15)18-10-14(11-19-3)16-6-4-5-7-17(16)20-18/h4-7,10,13,15,19H,8-9,11-12H2,1-3H3. The summed E-state index contributed by atoms with van der Waals surface area (Å²) in [7, 11) is 2.00. The summed E-state index contributed by atoms with van der Waals surface area (Å²) in [5.41, 5.74) is 2.45. The molecule has 1 aliphatic carbocycles. The van der Waals surface area contributed by atoms with Crippen LogP contribution in [0, 0.1) is 5.92 Å². The second-order valence-electron chi connectivity index (χ2n) is 6.46. The molecule has 3 rings (SSSR count). The number of anilines is 1. The predicted octanol–water partition coefficient (Wildman–Crippen LogP) is 3.58. The van der Waals surface area contributed by atoms with Crippen molar-refractivity contribution in [3.05, 3.63) is 35.9 Å². The Morgan fingerprint density at radius 3 is 2.71 bits per heavy atom. The van der Waals surface area contributed by atoms with E-state index in [4.69, 9.17) is 4.98 Å². The number of pyridine rings is 1. The lowest BCUT2D eigenvalue weighted by molar-refractivity contribution is 0.603. The fourth-order valence-corrected chi connectivity index (χ4v) is 2.93. The third-order valence-electron chi connectivity index (χ3n) is 4.00. The van der Waals surface area contributed by atoms with Gasteiger partial charge in [0.25, 0.3) is 0 Å². The number of nitrogens with one attached hydrogen (secondary N) is 1. The van der Waals surface area contributed by atoms with Crippen LogP contribution in [-0.4, -0.2) is 24.6 Å². The average molecular weight is 283 g/mol. The third-order valence-corrected chi connectivity index (χ3v) is 4.00. The number of benzene rings is 1. The van der Waals surface area contributed by atoms with Gasteiger partial charge in [-0.25, -0.2) is 4.98 Å². The Hall–Kier alpha value is -1.61. The lowest BCUT2D eigenvalue weighted by Gasteiger charge is -2.26. The van der Waals surface area contributed by atoms with E-state index in [0.717, 1.165) is 24.4 Å². The van der Waals surface area contributed by atoms with Crippen molar-refractivity contribution in [1.29, 1.82) is 0 Å². The van der Waals surface area contributed by atoms with Crippen LogP contribution in [0.5, 0.6) is 0 Å². The molecule has 1 aromatic heterocycles. The normalized spacial score (nSPS) is 14.9. The first-order valence-electron chi connectivity index (χ1n) is 7.99. The highest BCUT2D eigenvalue weighted by molar-refractivity contribution is 5.84. The van der Waals surface area contributed by atoms with Crippen LogP contribution in [0.3, 0.4) is 0 Å². The monoisotopic (exact) mass is 283 g/mol. The predicted molar refractivity (Wildman–Crippen MR) is 89.7 cm³/mol. The number of hydrogen-bond donors (Lipinski definition) is 1. The van der Waals surface area contributed by atoms with Gasteiger partial charge in [-0.1, -0.05) is 32.0 Å². The zero-order valence-electron chi connectivity index (χ0n) is 13.3. The first-order chi connectivity index (χ1) is 10.2. The molecular formula is C18H25N3. The van der Waals surface area contributed by atoms with Crippen molar-refractivity contribution >= 4 is 16.7 Å². The molecular weight excluding hydrogens is 258 g/mol. The molecule has 1 fully saturated rings. The Labute approximate surface area is 127 Å². The van der Waals surface area contributed by atoms with Crippen molar-refractivity contribution < 1.29 is 0 Å². The largest absolute Gasteiger partial charge is 0.353 e. The molecule has 112 valence electrons. The number of aromatic nitrogens is 1. The quantitative estimate of drug-likeness (QED) is 0.878. The Morgan fingerprint density at radius 1 is 1.29 bits per heavy atom. The maximum Gasteiger partial charge on any atom is 0.129 e. The highest BCUT2D eigenvalue weighted by Crippen LogP contribution is 2.33. The summed E-state index contributed by atoms with van der Waals surface area (Å²) in [6.45, 7) is 6.54. The van der Waals surface area contributed by atoms with Gasteiger partial charge in [-0.2, -0.15) is 0 Å². The Kier molecular flexibility index (Phi) is 4.11. The maximum absolute atomic E-state index is 4.93. The number of fused-ring (bicyclic) bond motifs is 1. The summed E-state index contributed by atoms with van der Waals surface area (Å²) in [5, 5.41) is 4.54. The van der Waals surface area contributed by atoms with Gasteiger partial charge in [-0.3, -0.25) is 0 Å². The fourth-order valence-electron chi connectivity index (χ4n) is 2.93.